The van der Waals surface area contributed by atoms with Gasteiger partial charge in [0.05, 0.1) is 17.5 Å². The number of benzene rings is 1. The fourth-order valence-corrected chi connectivity index (χ4v) is 2.74. The molecule has 1 aromatic heterocycles. The fourth-order valence-electron chi connectivity index (χ4n) is 2.74. The number of hydrogen-bond donors (Lipinski definition) is 0. The number of esters is 1. The van der Waals surface area contributed by atoms with Crippen molar-refractivity contribution in [3.05, 3.63) is 29.3 Å². The molecule has 0 fully saturated rings. The summed E-state index contributed by atoms with van der Waals surface area (Å²) in [4.78, 5) is 16.9. The maximum atomic E-state index is 12.3. The molecule has 2 aromatic rings. The van der Waals surface area contributed by atoms with E-state index < -0.39 is 0 Å². The fraction of sp³-hybridized carbons (Fsp3) is 0.412. The standard InChI is InChI=1S/C17H20N2O4/c1-4-18-16-11-7-14-15(23-10-22-14)8-13(11)19(5-2)9-12(16)17(20)21-6-3/h7-9H,4-6,10H2,1-3H3. The van der Waals surface area contributed by atoms with Gasteiger partial charge in [-0.25, -0.2) is 4.79 Å². The van der Waals surface area contributed by atoms with Crippen molar-refractivity contribution < 1.29 is 19.0 Å². The van der Waals surface area contributed by atoms with E-state index in [9.17, 15) is 4.79 Å². The molecule has 0 bridgehead atoms. The Kier molecular flexibility index (Phi) is 4.23. The molecule has 122 valence electrons. The van der Waals surface area contributed by atoms with Crippen molar-refractivity contribution in [2.75, 3.05) is 19.9 Å². The summed E-state index contributed by atoms with van der Waals surface area (Å²) in [5.74, 6) is 1.03. The zero-order chi connectivity index (χ0) is 16.4. The van der Waals surface area contributed by atoms with Crippen LogP contribution in [0.4, 0.5) is 0 Å². The number of nitrogens with zero attached hydrogens (tertiary/aromatic N) is 2. The molecule has 1 aliphatic heterocycles. The Balaban J connectivity index is 2.36. The van der Waals surface area contributed by atoms with Gasteiger partial charge < -0.3 is 18.8 Å². The van der Waals surface area contributed by atoms with E-state index in [0.717, 1.165) is 17.4 Å². The predicted octanol–water partition coefficient (Wildman–Crippen LogP) is 2.49. The van der Waals surface area contributed by atoms with Gasteiger partial charge >= 0.3 is 5.97 Å². The number of ether oxygens (including phenoxy) is 3. The van der Waals surface area contributed by atoms with Gasteiger partial charge in [0.25, 0.3) is 0 Å². The lowest BCUT2D eigenvalue weighted by Crippen LogP contribution is -2.22. The molecule has 0 radical (unpaired) electrons. The van der Waals surface area contributed by atoms with Crippen LogP contribution in [0.25, 0.3) is 10.9 Å². The minimum Gasteiger partial charge on any atom is -0.462 e. The molecule has 1 aromatic carbocycles. The molecule has 2 heterocycles. The Morgan fingerprint density at radius 3 is 2.65 bits per heavy atom. The number of hydrogen-bond acceptors (Lipinski definition) is 5. The molecule has 0 N–H and O–H groups in total. The van der Waals surface area contributed by atoms with Crippen LogP contribution in [0.2, 0.25) is 0 Å². The van der Waals surface area contributed by atoms with E-state index in [0.29, 0.717) is 35.6 Å². The highest BCUT2D eigenvalue weighted by Crippen LogP contribution is 2.35. The van der Waals surface area contributed by atoms with Crippen LogP contribution in [0.1, 0.15) is 31.1 Å². The summed E-state index contributed by atoms with van der Waals surface area (Å²) >= 11 is 0. The Morgan fingerprint density at radius 1 is 1.26 bits per heavy atom. The van der Waals surface area contributed by atoms with Crippen molar-refractivity contribution in [2.45, 2.75) is 27.3 Å². The Labute approximate surface area is 134 Å². The molecule has 0 saturated carbocycles. The van der Waals surface area contributed by atoms with E-state index in [4.69, 9.17) is 14.2 Å². The quantitative estimate of drug-likeness (QED) is 0.813. The van der Waals surface area contributed by atoms with Crippen LogP contribution < -0.4 is 14.8 Å². The first-order chi connectivity index (χ1) is 11.2. The Bertz CT molecular complexity index is 823. The van der Waals surface area contributed by atoms with Gasteiger partial charge in [-0.05, 0) is 26.8 Å². The van der Waals surface area contributed by atoms with E-state index >= 15 is 0 Å². The molecule has 23 heavy (non-hydrogen) atoms. The molecule has 0 aliphatic carbocycles. The molecule has 0 atom stereocenters. The molecule has 6 heteroatoms. The number of carbonyl (C=O) groups is 1. The van der Waals surface area contributed by atoms with Crippen LogP contribution in [0.15, 0.2) is 23.3 Å². The third kappa shape index (κ3) is 2.65. The zero-order valence-electron chi connectivity index (χ0n) is 13.6. The van der Waals surface area contributed by atoms with Crippen molar-refractivity contribution in [2.24, 2.45) is 4.99 Å². The summed E-state index contributed by atoms with van der Waals surface area (Å²) in [6.07, 6.45) is 1.80. The Hall–Kier alpha value is -2.50. The van der Waals surface area contributed by atoms with Gasteiger partial charge in [0.2, 0.25) is 6.79 Å². The van der Waals surface area contributed by atoms with Crippen molar-refractivity contribution in [3.63, 3.8) is 0 Å². The van der Waals surface area contributed by atoms with E-state index in [-0.39, 0.29) is 12.8 Å². The highest BCUT2D eigenvalue weighted by atomic mass is 16.7. The maximum Gasteiger partial charge on any atom is 0.341 e. The average molecular weight is 316 g/mol. The highest BCUT2D eigenvalue weighted by Gasteiger charge is 2.20. The summed E-state index contributed by atoms with van der Waals surface area (Å²) in [7, 11) is 0. The van der Waals surface area contributed by atoms with Crippen LogP contribution in [0.3, 0.4) is 0 Å². The lowest BCUT2D eigenvalue weighted by molar-refractivity contribution is 0.0523. The second-order valence-corrected chi connectivity index (χ2v) is 5.09. The maximum absolute atomic E-state index is 12.3. The molecule has 1 aliphatic rings. The number of carbonyl (C=O) groups excluding carboxylic acids is 1. The lowest BCUT2D eigenvalue weighted by Gasteiger charge is -2.13. The topological polar surface area (TPSA) is 62.0 Å². The normalized spacial score (nSPS) is 13.6. The molecule has 0 spiro atoms. The summed E-state index contributed by atoms with van der Waals surface area (Å²) in [5.41, 5.74) is 1.43. The Morgan fingerprint density at radius 2 is 2.00 bits per heavy atom. The number of aromatic nitrogens is 1. The van der Waals surface area contributed by atoms with E-state index in [1.54, 1.807) is 13.1 Å². The van der Waals surface area contributed by atoms with Gasteiger partial charge in [0.1, 0.15) is 5.56 Å². The van der Waals surface area contributed by atoms with Gasteiger partial charge in [0, 0.05) is 30.7 Å². The highest BCUT2D eigenvalue weighted by molar-refractivity contribution is 5.94. The summed E-state index contributed by atoms with van der Waals surface area (Å²) in [6, 6.07) is 3.83. The van der Waals surface area contributed by atoms with Gasteiger partial charge in [0.15, 0.2) is 11.5 Å². The van der Waals surface area contributed by atoms with Crippen molar-refractivity contribution >= 4 is 16.9 Å². The second kappa shape index (κ2) is 6.32. The van der Waals surface area contributed by atoms with Crippen molar-refractivity contribution in [3.8, 4) is 11.5 Å². The summed E-state index contributed by atoms with van der Waals surface area (Å²) < 4.78 is 18.1. The van der Waals surface area contributed by atoms with Gasteiger partial charge in [-0.15, -0.1) is 0 Å². The van der Waals surface area contributed by atoms with Crippen LogP contribution in [0, 0.1) is 0 Å². The average Bonchev–Trinajstić information content (AvgIpc) is 3.01. The first-order valence-corrected chi connectivity index (χ1v) is 7.84. The predicted molar refractivity (Wildman–Crippen MR) is 85.8 cm³/mol. The third-order valence-electron chi connectivity index (χ3n) is 3.75. The van der Waals surface area contributed by atoms with Crippen LogP contribution in [-0.4, -0.2) is 30.5 Å². The van der Waals surface area contributed by atoms with Crippen LogP contribution in [0.5, 0.6) is 11.5 Å². The van der Waals surface area contributed by atoms with Crippen LogP contribution >= 0.6 is 0 Å². The molecular formula is C17H20N2O4. The van der Waals surface area contributed by atoms with Crippen LogP contribution in [-0.2, 0) is 11.3 Å². The van der Waals surface area contributed by atoms with E-state index in [1.807, 2.05) is 30.5 Å². The zero-order valence-corrected chi connectivity index (χ0v) is 13.6. The minimum atomic E-state index is -0.360. The summed E-state index contributed by atoms with van der Waals surface area (Å²) in [6.45, 7) is 7.59. The largest absolute Gasteiger partial charge is 0.462 e. The van der Waals surface area contributed by atoms with Gasteiger partial charge in [-0.1, -0.05) is 0 Å². The SMILES string of the molecule is CCN=c1c(C(=O)OCC)cn(CC)c2cc3c(cc12)OCO3. The van der Waals surface area contributed by atoms with Crippen molar-refractivity contribution in [1.82, 2.24) is 4.57 Å². The van der Waals surface area contributed by atoms with Gasteiger partial charge in [-0.3, -0.25) is 4.99 Å². The second-order valence-electron chi connectivity index (χ2n) is 5.09. The number of pyridine rings is 1. The lowest BCUT2D eigenvalue weighted by atomic mass is 10.1. The van der Waals surface area contributed by atoms with E-state index in [2.05, 4.69) is 4.99 Å². The van der Waals surface area contributed by atoms with E-state index in [1.165, 1.54) is 0 Å². The minimum absolute atomic E-state index is 0.211. The van der Waals surface area contributed by atoms with Gasteiger partial charge in [-0.2, -0.15) is 0 Å². The summed E-state index contributed by atoms with van der Waals surface area (Å²) in [5, 5.41) is 1.51. The molecule has 0 unspecified atom stereocenters. The first kappa shape index (κ1) is 15.4. The smallest absolute Gasteiger partial charge is 0.341 e. The number of aryl methyl sites for hydroxylation is 1. The first-order valence-electron chi connectivity index (χ1n) is 7.84. The number of fused-ring (bicyclic) bond motifs is 2. The molecule has 3 rings (SSSR count). The van der Waals surface area contributed by atoms with Crippen molar-refractivity contribution in [1.29, 1.82) is 0 Å². The molecule has 0 saturated heterocycles. The number of rotatable bonds is 4. The molecule has 6 nitrogen and oxygen atoms in total. The monoisotopic (exact) mass is 316 g/mol. The third-order valence-corrected chi connectivity index (χ3v) is 3.75. The molecule has 0 amide bonds. The molecular weight excluding hydrogens is 296 g/mol.